The van der Waals surface area contributed by atoms with Gasteiger partial charge >= 0.3 is 0 Å². The Morgan fingerprint density at radius 1 is 1.29 bits per heavy atom. The second-order valence-corrected chi connectivity index (χ2v) is 4.72. The van der Waals surface area contributed by atoms with Gasteiger partial charge in [-0.1, -0.05) is 0 Å². The highest BCUT2D eigenvalue weighted by Crippen LogP contribution is 2.40. The monoisotopic (exact) mass is 320 g/mol. The van der Waals surface area contributed by atoms with E-state index in [1.807, 2.05) is 4.90 Å². The van der Waals surface area contributed by atoms with Crippen molar-refractivity contribution in [1.29, 1.82) is 0 Å². The minimum Gasteiger partial charge on any atom is -0.507 e. The highest BCUT2D eigenvalue weighted by atomic mass is 35.5. The number of hydrogen-bond acceptors (Lipinski definition) is 5. The molecule has 0 radical (unpaired) electrons. The predicted octanol–water partition coefficient (Wildman–Crippen LogP) is 1.75. The van der Waals surface area contributed by atoms with Crippen LogP contribution < -0.4 is 14.8 Å². The number of halogens is 2. The smallest absolute Gasteiger partial charge is 0.131 e. The van der Waals surface area contributed by atoms with E-state index in [1.165, 1.54) is 20.3 Å². The van der Waals surface area contributed by atoms with Crippen molar-refractivity contribution in [2.75, 3.05) is 47.1 Å². The van der Waals surface area contributed by atoms with Gasteiger partial charge in [0.05, 0.1) is 25.8 Å². The fourth-order valence-electron chi connectivity index (χ4n) is 2.56. The summed E-state index contributed by atoms with van der Waals surface area (Å²) in [5, 5.41) is 13.4. The Kier molecular flexibility index (Phi) is 7.01. The van der Waals surface area contributed by atoms with Gasteiger partial charge in [-0.05, 0) is 0 Å². The van der Waals surface area contributed by atoms with Crippen LogP contribution in [0.3, 0.4) is 0 Å². The van der Waals surface area contributed by atoms with E-state index in [1.54, 1.807) is 6.07 Å². The van der Waals surface area contributed by atoms with Gasteiger partial charge in [-0.25, -0.2) is 4.39 Å². The number of nitrogens with one attached hydrogen (secondary N) is 1. The zero-order chi connectivity index (χ0) is 14.5. The number of hydrogen-bond donors (Lipinski definition) is 2. The molecule has 1 aliphatic rings. The summed E-state index contributed by atoms with van der Waals surface area (Å²) in [5.41, 5.74) is 0.484. The van der Waals surface area contributed by atoms with Crippen molar-refractivity contribution in [2.24, 2.45) is 0 Å². The van der Waals surface area contributed by atoms with E-state index in [9.17, 15) is 9.50 Å². The molecule has 1 fully saturated rings. The van der Waals surface area contributed by atoms with Gasteiger partial charge < -0.3 is 19.9 Å². The van der Waals surface area contributed by atoms with Crippen LogP contribution in [-0.4, -0.2) is 57.1 Å². The van der Waals surface area contributed by atoms with Crippen LogP contribution >= 0.6 is 12.4 Å². The number of ether oxygens (including phenoxy) is 2. The minimum absolute atomic E-state index is 0. The van der Waals surface area contributed by atoms with Crippen molar-refractivity contribution in [3.8, 4) is 17.2 Å². The van der Waals surface area contributed by atoms with Gasteiger partial charge in [-0.15, -0.1) is 12.4 Å². The Morgan fingerprint density at radius 2 is 1.95 bits per heavy atom. The zero-order valence-corrected chi connectivity index (χ0v) is 13.1. The van der Waals surface area contributed by atoms with E-state index < -0.39 is 12.7 Å². The van der Waals surface area contributed by atoms with E-state index >= 15 is 0 Å². The van der Waals surface area contributed by atoms with Crippen molar-refractivity contribution in [3.05, 3.63) is 17.7 Å². The van der Waals surface area contributed by atoms with Gasteiger partial charge in [0, 0.05) is 38.3 Å². The Hall–Kier alpha value is -1.24. The largest absolute Gasteiger partial charge is 0.507 e. The third-order valence-corrected chi connectivity index (χ3v) is 3.62. The molecule has 0 bridgehead atoms. The lowest BCUT2D eigenvalue weighted by Gasteiger charge is -2.34. The van der Waals surface area contributed by atoms with Crippen LogP contribution in [0, 0.1) is 0 Å². The predicted molar refractivity (Wildman–Crippen MR) is 81.6 cm³/mol. The van der Waals surface area contributed by atoms with Gasteiger partial charge in [-0.2, -0.15) is 0 Å². The standard InChI is InChI=1S/C14H21FN2O3.ClH/c1-19-10-7-12(18)14(13(8-10)20-2)11(9-15)17-5-3-16-4-6-17;/h7-8,11,16,18H,3-6,9H2,1-2H3;1H/t11-;/m0./s1. The Bertz CT molecular complexity index is 456. The number of phenols is 1. The summed E-state index contributed by atoms with van der Waals surface area (Å²) in [6.45, 7) is 2.54. The molecule has 0 amide bonds. The SMILES string of the molecule is COc1cc(O)c([C@H](CF)N2CCNCC2)c(OC)c1.Cl. The van der Waals surface area contributed by atoms with E-state index in [0.29, 0.717) is 17.1 Å². The summed E-state index contributed by atoms with van der Waals surface area (Å²) < 4.78 is 23.9. The molecule has 5 nitrogen and oxygen atoms in total. The third-order valence-electron chi connectivity index (χ3n) is 3.62. The number of nitrogens with zero attached hydrogens (tertiary/aromatic N) is 1. The van der Waals surface area contributed by atoms with Gasteiger partial charge in [0.1, 0.15) is 23.9 Å². The summed E-state index contributed by atoms with van der Waals surface area (Å²) in [6, 6.07) is 2.65. The van der Waals surface area contributed by atoms with Crippen LogP contribution in [-0.2, 0) is 0 Å². The summed E-state index contributed by atoms with van der Waals surface area (Å²) in [6.07, 6.45) is 0. The molecule has 7 heteroatoms. The average molecular weight is 321 g/mol. The average Bonchev–Trinajstić information content (AvgIpc) is 2.50. The fraction of sp³-hybridized carbons (Fsp3) is 0.571. The van der Waals surface area contributed by atoms with Gasteiger partial charge in [0.2, 0.25) is 0 Å². The first-order chi connectivity index (χ1) is 9.71. The fourth-order valence-corrected chi connectivity index (χ4v) is 2.56. The lowest BCUT2D eigenvalue weighted by molar-refractivity contribution is 0.142. The van der Waals surface area contributed by atoms with Gasteiger partial charge in [-0.3, -0.25) is 4.90 Å². The van der Waals surface area contributed by atoms with Crippen LogP contribution in [0.4, 0.5) is 4.39 Å². The Labute approximate surface area is 130 Å². The van der Waals surface area contributed by atoms with Crippen LogP contribution in [0.25, 0.3) is 0 Å². The summed E-state index contributed by atoms with van der Waals surface area (Å²) >= 11 is 0. The normalized spacial score (nSPS) is 16.9. The molecule has 1 saturated heterocycles. The highest BCUT2D eigenvalue weighted by Gasteiger charge is 2.28. The first-order valence-electron chi connectivity index (χ1n) is 6.66. The van der Waals surface area contributed by atoms with Crippen LogP contribution in [0.2, 0.25) is 0 Å². The molecule has 2 rings (SSSR count). The van der Waals surface area contributed by atoms with Crippen molar-refractivity contribution in [3.63, 3.8) is 0 Å². The molecule has 1 atom stereocenters. The molecule has 0 aromatic heterocycles. The molecule has 1 aromatic carbocycles. The molecule has 2 N–H and O–H groups in total. The van der Waals surface area contributed by atoms with Crippen LogP contribution in [0.5, 0.6) is 17.2 Å². The second kappa shape index (κ2) is 8.26. The molecule has 21 heavy (non-hydrogen) atoms. The number of alkyl halides is 1. The van der Waals surface area contributed by atoms with Crippen molar-refractivity contribution in [1.82, 2.24) is 10.2 Å². The first kappa shape index (κ1) is 17.8. The molecule has 0 aliphatic carbocycles. The molecule has 1 aromatic rings. The number of rotatable bonds is 5. The zero-order valence-electron chi connectivity index (χ0n) is 12.3. The molecule has 0 unspecified atom stereocenters. The van der Waals surface area contributed by atoms with E-state index in [-0.39, 0.29) is 18.2 Å². The maximum atomic E-state index is 13.5. The molecular formula is C14H22ClFN2O3. The third kappa shape index (κ3) is 3.90. The number of phenolic OH excluding ortho intramolecular Hbond substituents is 1. The molecular weight excluding hydrogens is 299 g/mol. The number of piperazine rings is 1. The summed E-state index contributed by atoms with van der Waals surface area (Å²) in [4.78, 5) is 2.01. The van der Waals surface area contributed by atoms with Crippen LogP contribution in [0.1, 0.15) is 11.6 Å². The quantitative estimate of drug-likeness (QED) is 0.865. The maximum Gasteiger partial charge on any atom is 0.131 e. The van der Waals surface area contributed by atoms with Gasteiger partial charge in [0.15, 0.2) is 0 Å². The van der Waals surface area contributed by atoms with E-state index in [4.69, 9.17) is 9.47 Å². The topological polar surface area (TPSA) is 54.0 Å². The van der Waals surface area contributed by atoms with E-state index in [0.717, 1.165) is 26.2 Å². The summed E-state index contributed by atoms with van der Waals surface area (Å²) in [5.74, 6) is 0.937. The minimum atomic E-state index is -0.573. The highest BCUT2D eigenvalue weighted by molar-refractivity contribution is 5.85. The van der Waals surface area contributed by atoms with Gasteiger partial charge in [0.25, 0.3) is 0 Å². The van der Waals surface area contributed by atoms with Crippen molar-refractivity contribution in [2.45, 2.75) is 6.04 Å². The van der Waals surface area contributed by atoms with E-state index in [2.05, 4.69) is 5.32 Å². The maximum absolute atomic E-state index is 13.5. The molecule has 1 aliphatic heterocycles. The lowest BCUT2D eigenvalue weighted by atomic mass is 10.0. The first-order valence-corrected chi connectivity index (χ1v) is 6.66. The molecule has 0 saturated carbocycles. The number of aromatic hydroxyl groups is 1. The number of methoxy groups -OCH3 is 2. The lowest BCUT2D eigenvalue weighted by Crippen LogP contribution is -2.45. The van der Waals surface area contributed by atoms with Crippen LogP contribution in [0.15, 0.2) is 12.1 Å². The Morgan fingerprint density at radius 3 is 2.48 bits per heavy atom. The van der Waals surface area contributed by atoms with Crippen molar-refractivity contribution >= 4 is 12.4 Å². The Balaban J connectivity index is 0.00000220. The second-order valence-electron chi connectivity index (χ2n) is 4.72. The molecule has 1 heterocycles. The summed E-state index contributed by atoms with van der Waals surface area (Å²) in [7, 11) is 3.02. The number of benzene rings is 1. The van der Waals surface area contributed by atoms with Crippen molar-refractivity contribution < 1.29 is 19.0 Å². The molecule has 0 spiro atoms. The molecule has 120 valence electrons.